The molecule has 0 aliphatic rings. The van der Waals surface area contributed by atoms with Gasteiger partial charge in [-0.05, 0) is 42.3 Å². The van der Waals surface area contributed by atoms with Crippen LogP contribution in [0.2, 0.25) is 0 Å². The summed E-state index contributed by atoms with van der Waals surface area (Å²) >= 11 is 0. The lowest BCUT2D eigenvalue weighted by Crippen LogP contribution is -1.91. The molecule has 0 radical (unpaired) electrons. The van der Waals surface area contributed by atoms with E-state index >= 15 is 0 Å². The van der Waals surface area contributed by atoms with Crippen LogP contribution in [-0.2, 0) is 0 Å². The summed E-state index contributed by atoms with van der Waals surface area (Å²) in [5.74, 6) is 0. The van der Waals surface area contributed by atoms with Gasteiger partial charge >= 0.3 is 0 Å². The maximum Gasteiger partial charge on any atom is 0.130 e. The molecule has 0 aliphatic carbocycles. The predicted octanol–water partition coefficient (Wildman–Crippen LogP) is 2.95. The normalized spacial score (nSPS) is 11.0. The lowest BCUT2D eigenvalue weighted by molar-refractivity contribution is 0.155. The minimum atomic E-state index is 0.614. The fourth-order valence-corrected chi connectivity index (χ4v) is 2.23. The van der Waals surface area contributed by atoms with E-state index in [4.69, 9.17) is 0 Å². The first-order chi connectivity index (χ1) is 8.63. The van der Waals surface area contributed by atoms with Gasteiger partial charge in [-0.15, -0.1) is 5.10 Å². The van der Waals surface area contributed by atoms with Crippen LogP contribution in [0.1, 0.15) is 11.1 Å². The van der Waals surface area contributed by atoms with Gasteiger partial charge in [-0.1, -0.05) is 40.2 Å². The number of fused-ring (bicyclic) bond motifs is 1. The summed E-state index contributed by atoms with van der Waals surface area (Å²) in [7, 11) is 0. The summed E-state index contributed by atoms with van der Waals surface area (Å²) in [6.45, 7) is 4.16. The van der Waals surface area contributed by atoms with Crippen LogP contribution < -0.4 is 0 Å². The second-order valence-corrected chi connectivity index (χ2v) is 4.56. The highest BCUT2D eigenvalue weighted by molar-refractivity contribution is 5.81. The summed E-state index contributed by atoms with van der Waals surface area (Å²) in [4.78, 5) is 0.792. The van der Waals surface area contributed by atoms with Crippen molar-refractivity contribution in [2.75, 3.05) is 0 Å². The van der Waals surface area contributed by atoms with Crippen LogP contribution in [0.5, 0.6) is 0 Å². The van der Waals surface area contributed by atoms with E-state index in [2.05, 4.69) is 42.4 Å². The lowest BCUT2D eigenvalue weighted by atomic mass is 10.0. The first-order valence-electron chi connectivity index (χ1n) is 5.77. The Kier molecular flexibility index (Phi) is 2.30. The van der Waals surface area contributed by atoms with Gasteiger partial charge in [-0.2, -0.15) is 0 Å². The molecular formula is C14H13N3O. The van der Waals surface area contributed by atoms with Crippen LogP contribution in [0, 0.1) is 13.8 Å². The molecule has 0 fully saturated rings. The van der Waals surface area contributed by atoms with E-state index in [1.165, 1.54) is 11.1 Å². The molecule has 2 aromatic carbocycles. The van der Waals surface area contributed by atoms with E-state index in [1.807, 2.05) is 18.2 Å². The smallest absolute Gasteiger partial charge is 0.130 e. The molecule has 0 unspecified atom stereocenters. The number of hydrogen-bond donors (Lipinski definition) is 1. The molecule has 0 atom stereocenters. The number of benzene rings is 2. The van der Waals surface area contributed by atoms with Gasteiger partial charge in [0.1, 0.15) is 11.0 Å². The fourth-order valence-electron chi connectivity index (χ4n) is 2.23. The van der Waals surface area contributed by atoms with E-state index in [9.17, 15) is 5.21 Å². The topological polar surface area (TPSA) is 50.9 Å². The van der Waals surface area contributed by atoms with Crippen LogP contribution in [0.3, 0.4) is 0 Å². The molecule has 0 bridgehead atoms. The Labute approximate surface area is 104 Å². The zero-order chi connectivity index (χ0) is 12.7. The molecule has 4 nitrogen and oxygen atoms in total. The first kappa shape index (κ1) is 10.8. The largest absolute Gasteiger partial charge is 0.410 e. The minimum Gasteiger partial charge on any atom is -0.410 e. The number of aromatic nitrogens is 3. The van der Waals surface area contributed by atoms with Crippen molar-refractivity contribution < 1.29 is 5.21 Å². The SMILES string of the molecule is Cc1cc(C)cc(-c2ccc3c(c2)nnn3O)c1. The van der Waals surface area contributed by atoms with Crippen molar-refractivity contribution in [1.29, 1.82) is 0 Å². The van der Waals surface area contributed by atoms with Crippen molar-refractivity contribution in [3.63, 3.8) is 0 Å². The predicted molar refractivity (Wildman–Crippen MR) is 69.6 cm³/mol. The second kappa shape index (κ2) is 3.84. The van der Waals surface area contributed by atoms with Crippen molar-refractivity contribution in [2.24, 2.45) is 0 Å². The molecule has 0 aliphatic heterocycles. The molecule has 18 heavy (non-hydrogen) atoms. The molecule has 3 aromatic rings. The Balaban J connectivity index is 2.18. The lowest BCUT2D eigenvalue weighted by Gasteiger charge is -2.05. The monoisotopic (exact) mass is 239 g/mol. The molecule has 1 aromatic heterocycles. The fraction of sp³-hybridized carbons (Fsp3) is 0.143. The highest BCUT2D eigenvalue weighted by Crippen LogP contribution is 2.25. The highest BCUT2D eigenvalue weighted by atomic mass is 16.5. The molecule has 90 valence electrons. The van der Waals surface area contributed by atoms with Crippen LogP contribution in [0.15, 0.2) is 36.4 Å². The number of hydrogen-bond acceptors (Lipinski definition) is 3. The van der Waals surface area contributed by atoms with Crippen molar-refractivity contribution in [3.05, 3.63) is 47.5 Å². The van der Waals surface area contributed by atoms with Gasteiger partial charge in [0.15, 0.2) is 0 Å². The van der Waals surface area contributed by atoms with Gasteiger partial charge in [0.2, 0.25) is 0 Å². The van der Waals surface area contributed by atoms with Gasteiger partial charge in [0, 0.05) is 0 Å². The van der Waals surface area contributed by atoms with Gasteiger partial charge in [-0.25, -0.2) is 0 Å². The quantitative estimate of drug-likeness (QED) is 0.664. The number of aryl methyl sites for hydroxylation is 2. The van der Waals surface area contributed by atoms with E-state index < -0.39 is 0 Å². The third kappa shape index (κ3) is 1.72. The molecule has 0 saturated carbocycles. The highest BCUT2D eigenvalue weighted by Gasteiger charge is 2.06. The third-order valence-corrected chi connectivity index (χ3v) is 2.98. The molecule has 0 spiro atoms. The maximum atomic E-state index is 9.40. The van der Waals surface area contributed by atoms with E-state index in [-0.39, 0.29) is 0 Å². The first-order valence-corrected chi connectivity index (χ1v) is 5.77. The van der Waals surface area contributed by atoms with E-state index in [0.29, 0.717) is 11.0 Å². The average Bonchev–Trinajstić information content (AvgIpc) is 2.69. The molecular weight excluding hydrogens is 226 g/mol. The zero-order valence-electron chi connectivity index (χ0n) is 10.3. The van der Waals surface area contributed by atoms with Gasteiger partial charge in [-0.3, -0.25) is 0 Å². The Hall–Kier alpha value is -2.36. The molecule has 0 saturated heterocycles. The van der Waals surface area contributed by atoms with Crippen molar-refractivity contribution in [1.82, 2.24) is 15.2 Å². The molecule has 4 heteroatoms. The van der Waals surface area contributed by atoms with Gasteiger partial charge in [0.25, 0.3) is 0 Å². The Morgan fingerprint density at radius 3 is 2.39 bits per heavy atom. The van der Waals surface area contributed by atoms with Crippen molar-refractivity contribution in [2.45, 2.75) is 13.8 Å². The number of nitrogens with zero attached hydrogens (tertiary/aromatic N) is 3. The van der Waals surface area contributed by atoms with Crippen LogP contribution in [-0.4, -0.2) is 20.4 Å². The van der Waals surface area contributed by atoms with Gasteiger partial charge < -0.3 is 5.21 Å². The maximum absolute atomic E-state index is 9.40. The Bertz CT molecular complexity index is 711. The van der Waals surface area contributed by atoms with Crippen molar-refractivity contribution in [3.8, 4) is 11.1 Å². The standard InChI is InChI=1S/C14H13N3O/c1-9-5-10(2)7-12(6-9)11-3-4-14-13(8-11)15-16-17(14)18/h3-8,18H,1-2H3. The number of rotatable bonds is 1. The Morgan fingerprint density at radius 1 is 0.944 bits per heavy atom. The summed E-state index contributed by atoms with van der Waals surface area (Å²) in [5, 5.41) is 16.9. The van der Waals surface area contributed by atoms with Crippen LogP contribution in [0.25, 0.3) is 22.2 Å². The summed E-state index contributed by atoms with van der Waals surface area (Å²) < 4.78 is 0. The van der Waals surface area contributed by atoms with Crippen LogP contribution in [0.4, 0.5) is 0 Å². The summed E-state index contributed by atoms with van der Waals surface area (Å²) in [6.07, 6.45) is 0. The molecule has 1 N–H and O–H groups in total. The zero-order valence-corrected chi connectivity index (χ0v) is 10.3. The molecule has 0 amide bonds. The van der Waals surface area contributed by atoms with Crippen LogP contribution >= 0.6 is 0 Å². The summed E-state index contributed by atoms with van der Waals surface area (Å²) in [6, 6.07) is 12.1. The third-order valence-electron chi connectivity index (χ3n) is 2.98. The van der Waals surface area contributed by atoms with E-state index in [1.54, 1.807) is 0 Å². The minimum absolute atomic E-state index is 0.614. The molecule has 1 heterocycles. The average molecular weight is 239 g/mol. The molecule has 3 rings (SSSR count). The Morgan fingerprint density at radius 2 is 1.67 bits per heavy atom. The van der Waals surface area contributed by atoms with E-state index in [0.717, 1.165) is 16.0 Å². The summed E-state index contributed by atoms with van der Waals surface area (Å²) in [5.41, 5.74) is 6.00. The second-order valence-electron chi connectivity index (χ2n) is 4.56. The van der Waals surface area contributed by atoms with Gasteiger partial charge in [0.05, 0.1) is 0 Å². The van der Waals surface area contributed by atoms with Crippen molar-refractivity contribution >= 4 is 11.0 Å².